The van der Waals surface area contributed by atoms with Gasteiger partial charge in [0, 0.05) is 6.54 Å². The third-order valence-corrected chi connectivity index (χ3v) is 2.57. The Hall–Kier alpha value is -1.01. The van der Waals surface area contributed by atoms with Gasteiger partial charge in [0.2, 0.25) is 5.91 Å². The number of amides is 1. The van der Waals surface area contributed by atoms with E-state index in [0.717, 1.165) is 6.54 Å². The molecule has 1 amide bonds. The molecule has 1 rings (SSSR count). The third kappa shape index (κ3) is 3.04. The van der Waals surface area contributed by atoms with Crippen LogP contribution in [0.4, 0.5) is 0 Å². The van der Waals surface area contributed by atoms with Crippen LogP contribution in [0.25, 0.3) is 0 Å². The molecule has 0 aromatic heterocycles. The molecule has 0 spiro atoms. The summed E-state index contributed by atoms with van der Waals surface area (Å²) in [5, 5.41) is 2.94. The molecule has 1 atom stereocenters. The molecule has 14 heavy (non-hydrogen) atoms. The van der Waals surface area contributed by atoms with Gasteiger partial charge >= 0.3 is 0 Å². The third-order valence-electron chi connectivity index (χ3n) is 2.57. The average molecular weight is 194 g/mol. The van der Waals surface area contributed by atoms with Gasteiger partial charge in [-0.25, -0.2) is 0 Å². The number of carbonyl (C=O) groups is 1. The van der Waals surface area contributed by atoms with Gasteiger partial charge in [-0.3, -0.25) is 4.79 Å². The number of rotatable bonds is 5. The SMILES string of the molecule is C#CCN(CC1CC1)C(=O)C(C)NC. The summed E-state index contributed by atoms with van der Waals surface area (Å²) in [6, 6.07) is -0.137. The summed E-state index contributed by atoms with van der Waals surface area (Å²) in [4.78, 5) is 13.6. The van der Waals surface area contributed by atoms with Crippen molar-refractivity contribution in [2.75, 3.05) is 20.1 Å². The second kappa shape index (κ2) is 5.02. The molecule has 0 bridgehead atoms. The Morgan fingerprint density at radius 1 is 1.71 bits per heavy atom. The Balaban J connectivity index is 2.47. The first kappa shape index (κ1) is 11.1. The Morgan fingerprint density at radius 3 is 2.79 bits per heavy atom. The highest BCUT2D eigenvalue weighted by atomic mass is 16.2. The Bertz CT molecular complexity index is 240. The Kier molecular flexibility index (Phi) is 3.97. The van der Waals surface area contributed by atoms with Crippen LogP contribution in [0, 0.1) is 18.3 Å². The van der Waals surface area contributed by atoms with Crippen molar-refractivity contribution in [1.29, 1.82) is 0 Å². The van der Waals surface area contributed by atoms with Crippen LogP contribution in [0.5, 0.6) is 0 Å². The fourth-order valence-electron chi connectivity index (χ4n) is 1.35. The molecule has 0 aliphatic heterocycles. The fourth-order valence-corrected chi connectivity index (χ4v) is 1.35. The Labute approximate surface area is 85.9 Å². The zero-order valence-corrected chi connectivity index (χ0v) is 8.92. The molecule has 0 aromatic rings. The summed E-state index contributed by atoms with van der Waals surface area (Å²) in [6.07, 6.45) is 7.72. The first-order valence-corrected chi connectivity index (χ1v) is 5.08. The summed E-state index contributed by atoms with van der Waals surface area (Å²) in [5.41, 5.74) is 0. The lowest BCUT2D eigenvalue weighted by atomic mass is 10.2. The summed E-state index contributed by atoms with van der Waals surface area (Å²) < 4.78 is 0. The largest absolute Gasteiger partial charge is 0.330 e. The molecule has 0 aromatic carbocycles. The lowest BCUT2D eigenvalue weighted by molar-refractivity contribution is -0.132. The molecule has 1 aliphatic rings. The molecule has 3 heteroatoms. The predicted molar refractivity (Wildman–Crippen MR) is 56.7 cm³/mol. The number of terminal acetylenes is 1. The number of hydrogen-bond acceptors (Lipinski definition) is 2. The van der Waals surface area contributed by atoms with Gasteiger partial charge in [0.25, 0.3) is 0 Å². The molecule has 0 heterocycles. The van der Waals surface area contributed by atoms with Crippen molar-refractivity contribution in [3.8, 4) is 12.3 Å². The average Bonchev–Trinajstić information content (AvgIpc) is 2.98. The minimum Gasteiger partial charge on any atom is -0.330 e. The number of nitrogens with one attached hydrogen (secondary N) is 1. The molecule has 0 saturated heterocycles. The fraction of sp³-hybridized carbons (Fsp3) is 0.727. The molecule has 78 valence electrons. The summed E-state index contributed by atoms with van der Waals surface area (Å²) >= 11 is 0. The monoisotopic (exact) mass is 194 g/mol. The van der Waals surface area contributed by atoms with Crippen LogP contribution in [0.1, 0.15) is 19.8 Å². The van der Waals surface area contributed by atoms with E-state index in [0.29, 0.717) is 12.5 Å². The second-order valence-corrected chi connectivity index (χ2v) is 3.88. The molecule has 0 radical (unpaired) electrons. The maximum atomic E-state index is 11.8. The van der Waals surface area contributed by atoms with E-state index in [2.05, 4.69) is 11.2 Å². The molecule has 1 aliphatic carbocycles. The lowest BCUT2D eigenvalue weighted by Gasteiger charge is -2.23. The van der Waals surface area contributed by atoms with E-state index < -0.39 is 0 Å². The van der Waals surface area contributed by atoms with Crippen molar-refractivity contribution in [2.45, 2.75) is 25.8 Å². The van der Waals surface area contributed by atoms with Crippen molar-refractivity contribution in [3.63, 3.8) is 0 Å². The van der Waals surface area contributed by atoms with Crippen LogP contribution >= 0.6 is 0 Å². The van der Waals surface area contributed by atoms with Gasteiger partial charge in [-0.05, 0) is 32.7 Å². The van der Waals surface area contributed by atoms with Crippen molar-refractivity contribution < 1.29 is 4.79 Å². The molecule has 1 N–H and O–H groups in total. The molecule has 3 nitrogen and oxygen atoms in total. The number of likely N-dealkylation sites (N-methyl/N-ethyl adjacent to an activating group) is 1. The van der Waals surface area contributed by atoms with Crippen LogP contribution in [0.15, 0.2) is 0 Å². The van der Waals surface area contributed by atoms with Gasteiger partial charge in [0.1, 0.15) is 0 Å². The zero-order valence-electron chi connectivity index (χ0n) is 8.92. The molecular weight excluding hydrogens is 176 g/mol. The van der Waals surface area contributed by atoms with Gasteiger partial charge < -0.3 is 10.2 Å². The number of carbonyl (C=O) groups excluding carboxylic acids is 1. The summed E-state index contributed by atoms with van der Waals surface area (Å²) in [5.74, 6) is 3.34. The van der Waals surface area contributed by atoms with E-state index in [1.807, 2.05) is 6.92 Å². The van der Waals surface area contributed by atoms with E-state index in [1.54, 1.807) is 11.9 Å². The van der Waals surface area contributed by atoms with Gasteiger partial charge in [0.15, 0.2) is 0 Å². The van der Waals surface area contributed by atoms with Crippen LogP contribution in [-0.2, 0) is 4.79 Å². The zero-order chi connectivity index (χ0) is 10.6. The van der Waals surface area contributed by atoms with Crippen LogP contribution in [0.3, 0.4) is 0 Å². The van der Waals surface area contributed by atoms with Crippen LogP contribution < -0.4 is 5.32 Å². The lowest BCUT2D eigenvalue weighted by Crippen LogP contribution is -2.44. The van der Waals surface area contributed by atoms with Crippen molar-refractivity contribution in [1.82, 2.24) is 10.2 Å². The molecule has 1 unspecified atom stereocenters. The van der Waals surface area contributed by atoms with E-state index in [-0.39, 0.29) is 11.9 Å². The van der Waals surface area contributed by atoms with E-state index in [1.165, 1.54) is 12.8 Å². The number of nitrogens with zero attached hydrogens (tertiary/aromatic N) is 1. The van der Waals surface area contributed by atoms with Gasteiger partial charge in [0.05, 0.1) is 12.6 Å². The van der Waals surface area contributed by atoms with Gasteiger partial charge in [-0.2, -0.15) is 0 Å². The van der Waals surface area contributed by atoms with Gasteiger partial charge in [-0.1, -0.05) is 5.92 Å². The van der Waals surface area contributed by atoms with E-state index >= 15 is 0 Å². The van der Waals surface area contributed by atoms with Crippen molar-refractivity contribution in [3.05, 3.63) is 0 Å². The smallest absolute Gasteiger partial charge is 0.240 e. The van der Waals surface area contributed by atoms with E-state index in [9.17, 15) is 4.79 Å². The highest BCUT2D eigenvalue weighted by molar-refractivity contribution is 5.81. The Morgan fingerprint density at radius 2 is 2.36 bits per heavy atom. The minimum atomic E-state index is -0.137. The maximum Gasteiger partial charge on any atom is 0.240 e. The van der Waals surface area contributed by atoms with Crippen molar-refractivity contribution in [2.24, 2.45) is 5.92 Å². The van der Waals surface area contributed by atoms with Crippen molar-refractivity contribution >= 4 is 5.91 Å². The molecular formula is C11H18N2O. The summed E-state index contributed by atoms with van der Waals surface area (Å²) in [7, 11) is 1.79. The quantitative estimate of drug-likeness (QED) is 0.645. The van der Waals surface area contributed by atoms with Gasteiger partial charge in [-0.15, -0.1) is 6.42 Å². The highest BCUT2D eigenvalue weighted by Crippen LogP contribution is 2.29. The highest BCUT2D eigenvalue weighted by Gasteiger charge is 2.27. The first-order valence-electron chi connectivity index (χ1n) is 5.08. The second-order valence-electron chi connectivity index (χ2n) is 3.88. The molecule has 1 fully saturated rings. The van der Waals surface area contributed by atoms with Crippen LogP contribution in [0.2, 0.25) is 0 Å². The summed E-state index contributed by atoms with van der Waals surface area (Å²) in [6.45, 7) is 3.12. The predicted octanol–water partition coefficient (Wildman–Crippen LogP) is 0.466. The standard InChI is InChI=1S/C11H18N2O/c1-4-7-13(8-10-5-6-10)11(14)9(2)12-3/h1,9-10,12H,5-8H2,2-3H3. The maximum absolute atomic E-state index is 11.8. The van der Waals surface area contributed by atoms with E-state index in [4.69, 9.17) is 6.42 Å². The topological polar surface area (TPSA) is 32.3 Å². The first-order chi connectivity index (χ1) is 6.69. The minimum absolute atomic E-state index is 0.109. The number of hydrogen-bond donors (Lipinski definition) is 1. The van der Waals surface area contributed by atoms with Crippen LogP contribution in [-0.4, -0.2) is 37.0 Å². The molecule has 1 saturated carbocycles. The normalized spacial score (nSPS) is 17.2.